The van der Waals surface area contributed by atoms with Crippen LogP contribution in [0.3, 0.4) is 0 Å². The summed E-state index contributed by atoms with van der Waals surface area (Å²) in [5.41, 5.74) is 0.286. The Balaban J connectivity index is 1.97. The van der Waals surface area contributed by atoms with Crippen molar-refractivity contribution in [2.75, 3.05) is 32.5 Å². The van der Waals surface area contributed by atoms with Gasteiger partial charge in [0.05, 0.1) is 24.8 Å². The van der Waals surface area contributed by atoms with Crippen LogP contribution in [0.4, 0.5) is 5.69 Å². The van der Waals surface area contributed by atoms with E-state index in [9.17, 15) is 4.79 Å². The first-order valence-corrected chi connectivity index (χ1v) is 7.05. The zero-order valence-corrected chi connectivity index (χ0v) is 12.9. The van der Waals surface area contributed by atoms with Crippen LogP contribution in [0.25, 0.3) is 0 Å². The van der Waals surface area contributed by atoms with Crippen LogP contribution >= 0.6 is 11.6 Å². The average molecular weight is 311 g/mol. The van der Waals surface area contributed by atoms with Crippen molar-refractivity contribution in [1.82, 2.24) is 24.2 Å². The molecule has 0 unspecified atom stereocenters. The van der Waals surface area contributed by atoms with Crippen LogP contribution in [-0.4, -0.2) is 51.4 Å². The van der Waals surface area contributed by atoms with E-state index in [0.717, 1.165) is 13.1 Å². The van der Waals surface area contributed by atoms with Crippen LogP contribution in [0.15, 0.2) is 29.7 Å². The molecule has 0 spiro atoms. The molecule has 0 aliphatic rings. The van der Waals surface area contributed by atoms with E-state index >= 15 is 0 Å². The number of likely N-dealkylation sites (N-methyl/N-ethyl adjacent to an activating group) is 1. The van der Waals surface area contributed by atoms with Gasteiger partial charge in [0, 0.05) is 32.0 Å². The molecule has 2 aromatic heterocycles. The molecule has 7 nitrogen and oxygen atoms in total. The smallest absolute Gasteiger partial charge is 0.287 e. The number of nitrogens with zero attached hydrogens (tertiary/aromatic N) is 5. The van der Waals surface area contributed by atoms with Crippen LogP contribution in [0.2, 0.25) is 5.02 Å². The molecule has 1 N–H and O–H groups in total. The summed E-state index contributed by atoms with van der Waals surface area (Å²) in [5.74, 6) is 0. The lowest BCUT2D eigenvalue weighted by Crippen LogP contribution is -2.29. The van der Waals surface area contributed by atoms with E-state index in [0.29, 0.717) is 18.8 Å². The fraction of sp³-hybridized carbons (Fsp3) is 0.462. The Kier molecular flexibility index (Phi) is 5.35. The number of hydrogen-bond donors (Lipinski definition) is 1. The second-order valence-corrected chi connectivity index (χ2v) is 5.31. The molecule has 21 heavy (non-hydrogen) atoms. The van der Waals surface area contributed by atoms with Gasteiger partial charge in [0.25, 0.3) is 5.56 Å². The minimum absolute atomic E-state index is 0.175. The minimum atomic E-state index is -0.272. The number of halogens is 1. The van der Waals surface area contributed by atoms with Crippen molar-refractivity contribution in [2.24, 2.45) is 0 Å². The quantitative estimate of drug-likeness (QED) is 0.818. The first-order chi connectivity index (χ1) is 10.1. The van der Waals surface area contributed by atoms with Crippen molar-refractivity contribution in [2.45, 2.75) is 13.1 Å². The number of aromatic nitrogens is 4. The minimum Gasteiger partial charge on any atom is -0.381 e. The molecule has 0 amide bonds. The Morgan fingerprint density at radius 1 is 1.38 bits per heavy atom. The number of anilines is 1. The SMILES string of the molecule is CN(C)CCn1ncc(NCCn2ccnc2)c(Cl)c1=O. The number of hydrogen-bond acceptors (Lipinski definition) is 5. The molecule has 0 bridgehead atoms. The Morgan fingerprint density at radius 2 is 2.19 bits per heavy atom. The van der Waals surface area contributed by atoms with Gasteiger partial charge in [0.1, 0.15) is 5.02 Å². The lowest BCUT2D eigenvalue weighted by molar-refractivity contribution is 0.367. The molecule has 0 saturated carbocycles. The van der Waals surface area contributed by atoms with Gasteiger partial charge in [-0.1, -0.05) is 11.6 Å². The van der Waals surface area contributed by atoms with Gasteiger partial charge < -0.3 is 14.8 Å². The van der Waals surface area contributed by atoms with Gasteiger partial charge in [0.2, 0.25) is 0 Å². The Morgan fingerprint density at radius 3 is 2.86 bits per heavy atom. The molecule has 0 aliphatic carbocycles. The third kappa shape index (κ3) is 4.30. The molecule has 2 rings (SSSR count). The number of rotatable bonds is 7. The summed E-state index contributed by atoms with van der Waals surface area (Å²) in [7, 11) is 3.89. The fourth-order valence-corrected chi connectivity index (χ4v) is 1.99. The molecule has 114 valence electrons. The molecule has 0 atom stereocenters. The maximum Gasteiger partial charge on any atom is 0.287 e. The predicted octanol–water partition coefficient (Wildman–Crippen LogP) is 0.767. The van der Waals surface area contributed by atoms with Crippen LogP contribution in [0.1, 0.15) is 0 Å². The van der Waals surface area contributed by atoms with Crippen LogP contribution in [0, 0.1) is 0 Å². The Labute approximate surface area is 128 Å². The van der Waals surface area contributed by atoms with Crippen LogP contribution in [-0.2, 0) is 13.1 Å². The highest BCUT2D eigenvalue weighted by molar-refractivity contribution is 6.32. The third-order valence-electron chi connectivity index (χ3n) is 2.99. The van der Waals surface area contributed by atoms with Crippen molar-refractivity contribution in [3.8, 4) is 0 Å². The van der Waals surface area contributed by atoms with Gasteiger partial charge in [-0.2, -0.15) is 5.10 Å². The number of imidazole rings is 1. The lowest BCUT2D eigenvalue weighted by Gasteiger charge is -2.12. The molecule has 0 aliphatic heterocycles. The Bertz CT molecular complexity index is 622. The number of nitrogens with one attached hydrogen (secondary N) is 1. The molecular formula is C13H19ClN6O. The standard InChI is InChI=1S/C13H19ClN6O/c1-18(2)7-8-20-13(21)12(14)11(9-17-20)16-4-6-19-5-3-15-10-19/h3,5,9-10,16H,4,6-8H2,1-2H3. The second-order valence-electron chi connectivity index (χ2n) is 4.93. The first kappa shape index (κ1) is 15.5. The van der Waals surface area contributed by atoms with Crippen LogP contribution in [0.5, 0.6) is 0 Å². The molecule has 0 fully saturated rings. The maximum atomic E-state index is 12.1. The monoisotopic (exact) mass is 310 g/mol. The lowest BCUT2D eigenvalue weighted by atomic mass is 10.4. The maximum absolute atomic E-state index is 12.1. The van der Waals surface area contributed by atoms with Crippen molar-refractivity contribution < 1.29 is 0 Å². The second kappa shape index (κ2) is 7.24. The zero-order chi connectivity index (χ0) is 15.2. The molecule has 8 heteroatoms. The molecule has 2 aromatic rings. The van der Waals surface area contributed by atoms with E-state index in [2.05, 4.69) is 15.4 Å². The van der Waals surface area contributed by atoms with Crippen molar-refractivity contribution in [1.29, 1.82) is 0 Å². The van der Waals surface area contributed by atoms with E-state index in [1.165, 1.54) is 4.68 Å². The summed E-state index contributed by atoms with van der Waals surface area (Å²) in [6, 6.07) is 0. The summed E-state index contributed by atoms with van der Waals surface area (Å²) >= 11 is 6.11. The molecule has 0 aromatic carbocycles. The summed E-state index contributed by atoms with van der Waals surface area (Å²) in [4.78, 5) is 18.0. The Hall–Kier alpha value is -1.86. The summed E-state index contributed by atoms with van der Waals surface area (Å²) in [6.45, 7) is 2.62. The zero-order valence-electron chi connectivity index (χ0n) is 12.2. The molecule has 0 radical (unpaired) electrons. The van der Waals surface area contributed by atoms with E-state index in [-0.39, 0.29) is 10.6 Å². The third-order valence-corrected chi connectivity index (χ3v) is 3.35. The summed E-state index contributed by atoms with van der Waals surface area (Å²) in [5, 5.41) is 7.43. The molecular weight excluding hydrogens is 292 g/mol. The van der Waals surface area contributed by atoms with E-state index in [1.807, 2.05) is 29.8 Å². The average Bonchev–Trinajstić information content (AvgIpc) is 2.95. The fourth-order valence-electron chi connectivity index (χ4n) is 1.78. The topological polar surface area (TPSA) is 68.0 Å². The van der Waals surface area contributed by atoms with Gasteiger partial charge in [-0.15, -0.1) is 0 Å². The molecule has 0 saturated heterocycles. The highest BCUT2D eigenvalue weighted by atomic mass is 35.5. The summed E-state index contributed by atoms with van der Waals surface area (Å²) < 4.78 is 3.32. The largest absolute Gasteiger partial charge is 0.381 e. The van der Waals surface area contributed by atoms with Crippen LogP contribution < -0.4 is 10.9 Å². The van der Waals surface area contributed by atoms with Crippen molar-refractivity contribution in [3.63, 3.8) is 0 Å². The van der Waals surface area contributed by atoms with E-state index in [4.69, 9.17) is 11.6 Å². The van der Waals surface area contributed by atoms with Gasteiger partial charge in [-0.3, -0.25) is 4.79 Å². The van der Waals surface area contributed by atoms with Crippen molar-refractivity contribution >= 4 is 17.3 Å². The van der Waals surface area contributed by atoms with E-state index in [1.54, 1.807) is 18.7 Å². The van der Waals surface area contributed by atoms with Gasteiger partial charge in [0.15, 0.2) is 0 Å². The van der Waals surface area contributed by atoms with Gasteiger partial charge >= 0.3 is 0 Å². The van der Waals surface area contributed by atoms with Gasteiger partial charge in [-0.25, -0.2) is 9.67 Å². The van der Waals surface area contributed by atoms with Crippen molar-refractivity contribution in [3.05, 3.63) is 40.3 Å². The van der Waals surface area contributed by atoms with E-state index < -0.39 is 0 Å². The predicted molar refractivity (Wildman–Crippen MR) is 82.8 cm³/mol. The van der Waals surface area contributed by atoms with Gasteiger partial charge in [-0.05, 0) is 14.1 Å². The summed E-state index contributed by atoms with van der Waals surface area (Å²) in [6.07, 6.45) is 6.93. The highest BCUT2D eigenvalue weighted by Gasteiger charge is 2.09. The first-order valence-electron chi connectivity index (χ1n) is 6.68. The normalized spacial score (nSPS) is 11.0. The molecule has 2 heterocycles. The highest BCUT2D eigenvalue weighted by Crippen LogP contribution is 2.14.